The van der Waals surface area contributed by atoms with Gasteiger partial charge in [0.05, 0.1) is 24.6 Å². The molecule has 0 amide bonds. The number of anilines is 2. The summed E-state index contributed by atoms with van der Waals surface area (Å²) in [6.45, 7) is 6.04. The topological polar surface area (TPSA) is 95.2 Å². The lowest BCUT2D eigenvalue weighted by atomic mass is 10.1. The van der Waals surface area contributed by atoms with Crippen LogP contribution in [-0.2, 0) is 22.7 Å². The maximum Gasteiger partial charge on any atom is 0.0913 e. The number of hydrogen-bond acceptors (Lipinski definition) is 6. The van der Waals surface area contributed by atoms with Crippen LogP contribution < -0.4 is 11.5 Å². The first-order valence-corrected chi connectivity index (χ1v) is 7.98. The van der Waals surface area contributed by atoms with Gasteiger partial charge in [-0.2, -0.15) is 10.2 Å². The summed E-state index contributed by atoms with van der Waals surface area (Å²) < 4.78 is 10.9. The van der Waals surface area contributed by atoms with Crippen molar-refractivity contribution in [3.05, 3.63) is 47.5 Å². The molecule has 0 aromatic heterocycles. The lowest BCUT2D eigenvalue weighted by Crippen LogP contribution is -1.95. The normalized spacial score (nSPS) is 11.2. The highest BCUT2D eigenvalue weighted by Crippen LogP contribution is 2.28. The first-order chi connectivity index (χ1) is 11.6. The number of benzene rings is 2. The van der Waals surface area contributed by atoms with Crippen molar-refractivity contribution in [2.45, 2.75) is 27.1 Å². The Morgan fingerprint density at radius 2 is 1.17 bits per heavy atom. The van der Waals surface area contributed by atoms with Gasteiger partial charge < -0.3 is 20.9 Å². The molecule has 128 valence electrons. The van der Waals surface area contributed by atoms with Crippen LogP contribution in [0, 0.1) is 0 Å². The van der Waals surface area contributed by atoms with Crippen LogP contribution in [0.5, 0.6) is 0 Å². The summed E-state index contributed by atoms with van der Waals surface area (Å²) in [5.74, 6) is 0. The standard InChI is InChI=1S/C18H24N4O2/c1-3-23-11-13-9-15(19)5-7-17(13)21-22-18-8-6-16(20)10-14(18)12-24-4-2/h5-10H,3-4,11-12,19-20H2,1-2H3/b22-21+. The first-order valence-electron chi connectivity index (χ1n) is 7.98. The minimum Gasteiger partial charge on any atom is -0.399 e. The van der Waals surface area contributed by atoms with Gasteiger partial charge >= 0.3 is 0 Å². The quantitative estimate of drug-likeness (QED) is 0.556. The summed E-state index contributed by atoms with van der Waals surface area (Å²) in [4.78, 5) is 0. The molecule has 0 radical (unpaired) electrons. The first kappa shape index (κ1) is 17.9. The van der Waals surface area contributed by atoms with Crippen molar-refractivity contribution < 1.29 is 9.47 Å². The van der Waals surface area contributed by atoms with Gasteiger partial charge in [0.25, 0.3) is 0 Å². The molecule has 0 atom stereocenters. The summed E-state index contributed by atoms with van der Waals surface area (Å²) in [5.41, 5.74) is 16.3. The molecule has 2 aromatic carbocycles. The lowest BCUT2D eigenvalue weighted by Gasteiger charge is -2.08. The number of rotatable bonds is 8. The molecule has 6 nitrogen and oxygen atoms in total. The van der Waals surface area contributed by atoms with Gasteiger partial charge in [-0.25, -0.2) is 0 Å². The Hall–Kier alpha value is -2.44. The summed E-state index contributed by atoms with van der Waals surface area (Å²) in [7, 11) is 0. The van der Waals surface area contributed by atoms with Crippen molar-refractivity contribution in [3.63, 3.8) is 0 Å². The van der Waals surface area contributed by atoms with Gasteiger partial charge in [0.1, 0.15) is 0 Å². The van der Waals surface area contributed by atoms with E-state index in [0.717, 1.165) is 22.5 Å². The Balaban J connectivity index is 2.27. The largest absolute Gasteiger partial charge is 0.399 e. The Labute approximate surface area is 142 Å². The minimum absolute atomic E-state index is 0.448. The number of nitrogens with two attached hydrogens (primary N) is 2. The van der Waals surface area contributed by atoms with Gasteiger partial charge in [0, 0.05) is 35.7 Å². The molecule has 0 aliphatic carbocycles. The molecule has 6 heteroatoms. The molecule has 0 spiro atoms. The van der Waals surface area contributed by atoms with Gasteiger partial charge in [0.2, 0.25) is 0 Å². The minimum atomic E-state index is 0.448. The van der Waals surface area contributed by atoms with Crippen LogP contribution >= 0.6 is 0 Å². The second-order valence-electron chi connectivity index (χ2n) is 5.25. The fraction of sp³-hybridized carbons (Fsp3) is 0.333. The van der Waals surface area contributed by atoms with Crippen LogP contribution in [0.4, 0.5) is 22.7 Å². The van der Waals surface area contributed by atoms with E-state index < -0.39 is 0 Å². The molecule has 2 rings (SSSR count). The van der Waals surface area contributed by atoms with E-state index in [2.05, 4.69) is 10.2 Å². The predicted molar refractivity (Wildman–Crippen MR) is 96.5 cm³/mol. The van der Waals surface area contributed by atoms with E-state index in [0.29, 0.717) is 37.8 Å². The highest BCUT2D eigenvalue weighted by molar-refractivity contribution is 5.57. The number of nitrogen functional groups attached to an aromatic ring is 2. The van der Waals surface area contributed by atoms with Gasteiger partial charge in [-0.05, 0) is 50.2 Å². The third-order valence-electron chi connectivity index (χ3n) is 3.40. The molecule has 0 saturated carbocycles. The van der Waals surface area contributed by atoms with Gasteiger partial charge in [0.15, 0.2) is 0 Å². The van der Waals surface area contributed by atoms with E-state index >= 15 is 0 Å². The number of hydrogen-bond donors (Lipinski definition) is 2. The zero-order valence-corrected chi connectivity index (χ0v) is 14.2. The van der Waals surface area contributed by atoms with E-state index in [1.54, 1.807) is 12.1 Å². The molecule has 0 saturated heterocycles. The maximum atomic E-state index is 5.84. The van der Waals surface area contributed by atoms with Crippen molar-refractivity contribution >= 4 is 22.7 Å². The van der Waals surface area contributed by atoms with Crippen LogP contribution in [0.3, 0.4) is 0 Å². The zero-order chi connectivity index (χ0) is 17.4. The van der Waals surface area contributed by atoms with Crippen molar-refractivity contribution in [2.24, 2.45) is 10.2 Å². The summed E-state index contributed by atoms with van der Waals surface area (Å²) in [6.07, 6.45) is 0. The molecule has 0 aliphatic heterocycles. The summed E-state index contributed by atoms with van der Waals surface area (Å²) in [5, 5.41) is 8.72. The fourth-order valence-electron chi connectivity index (χ4n) is 2.17. The van der Waals surface area contributed by atoms with Crippen molar-refractivity contribution in [1.82, 2.24) is 0 Å². The van der Waals surface area contributed by atoms with E-state index in [4.69, 9.17) is 20.9 Å². The molecule has 0 bridgehead atoms. The Morgan fingerprint density at radius 1 is 0.750 bits per heavy atom. The molecule has 4 N–H and O–H groups in total. The maximum absolute atomic E-state index is 5.84. The molecule has 0 aliphatic rings. The second-order valence-corrected chi connectivity index (χ2v) is 5.25. The van der Waals surface area contributed by atoms with Crippen LogP contribution in [0.2, 0.25) is 0 Å². The highest BCUT2D eigenvalue weighted by Gasteiger charge is 2.05. The predicted octanol–water partition coefficient (Wildman–Crippen LogP) is 4.34. The average molecular weight is 328 g/mol. The Kier molecular flexibility index (Phi) is 6.72. The molecule has 2 aromatic rings. The highest BCUT2D eigenvalue weighted by atomic mass is 16.5. The number of ether oxygens (including phenoxy) is 2. The zero-order valence-electron chi connectivity index (χ0n) is 14.2. The number of nitrogens with zero attached hydrogens (tertiary/aromatic N) is 2. The molecule has 0 unspecified atom stereocenters. The van der Waals surface area contributed by atoms with Gasteiger partial charge in [-0.3, -0.25) is 0 Å². The summed E-state index contributed by atoms with van der Waals surface area (Å²) in [6, 6.07) is 11.0. The van der Waals surface area contributed by atoms with Crippen molar-refractivity contribution in [2.75, 3.05) is 24.7 Å². The molecule has 24 heavy (non-hydrogen) atoms. The van der Waals surface area contributed by atoms with E-state index in [1.807, 2.05) is 38.1 Å². The number of azo groups is 1. The van der Waals surface area contributed by atoms with Crippen LogP contribution in [0.1, 0.15) is 25.0 Å². The smallest absolute Gasteiger partial charge is 0.0913 e. The fourth-order valence-corrected chi connectivity index (χ4v) is 2.17. The van der Waals surface area contributed by atoms with E-state index in [9.17, 15) is 0 Å². The third-order valence-corrected chi connectivity index (χ3v) is 3.40. The molecular formula is C18H24N4O2. The van der Waals surface area contributed by atoms with Gasteiger partial charge in [-0.15, -0.1) is 0 Å². The third kappa shape index (κ3) is 5.04. The van der Waals surface area contributed by atoms with Crippen LogP contribution in [-0.4, -0.2) is 13.2 Å². The SMILES string of the molecule is CCOCc1cc(N)ccc1/N=N/c1ccc(N)cc1COCC. The van der Waals surface area contributed by atoms with Crippen molar-refractivity contribution in [1.29, 1.82) is 0 Å². The molecular weight excluding hydrogens is 304 g/mol. The van der Waals surface area contributed by atoms with E-state index in [-0.39, 0.29) is 0 Å². The Bertz CT molecular complexity index is 642. The Morgan fingerprint density at radius 3 is 1.54 bits per heavy atom. The molecule has 0 fully saturated rings. The van der Waals surface area contributed by atoms with Crippen molar-refractivity contribution in [3.8, 4) is 0 Å². The average Bonchev–Trinajstić information content (AvgIpc) is 2.58. The monoisotopic (exact) mass is 328 g/mol. The van der Waals surface area contributed by atoms with Gasteiger partial charge in [-0.1, -0.05) is 0 Å². The molecule has 0 heterocycles. The lowest BCUT2D eigenvalue weighted by molar-refractivity contribution is 0.134. The summed E-state index contributed by atoms with van der Waals surface area (Å²) >= 11 is 0. The van der Waals surface area contributed by atoms with Crippen LogP contribution in [0.25, 0.3) is 0 Å². The second kappa shape index (κ2) is 9.00. The van der Waals surface area contributed by atoms with Crippen LogP contribution in [0.15, 0.2) is 46.6 Å². The van der Waals surface area contributed by atoms with E-state index in [1.165, 1.54) is 0 Å².